The van der Waals surface area contributed by atoms with Crippen molar-refractivity contribution >= 4 is 6.09 Å². The Kier molecular flexibility index (Phi) is 7.16. The molecule has 2 atom stereocenters. The average molecular weight is 503 g/mol. The number of carbonyl (C=O) groups excluding carboxylic acids is 1. The van der Waals surface area contributed by atoms with Gasteiger partial charge in [0, 0.05) is 51.3 Å². The van der Waals surface area contributed by atoms with E-state index in [4.69, 9.17) is 13.6 Å². The molecule has 1 amide bonds. The number of benzene rings is 1. The highest BCUT2D eigenvalue weighted by Crippen LogP contribution is 2.35. The van der Waals surface area contributed by atoms with Gasteiger partial charge in [0.15, 0.2) is 0 Å². The van der Waals surface area contributed by atoms with Gasteiger partial charge in [-0.2, -0.15) is 13.2 Å². The Bertz CT molecular complexity index is 944. The average Bonchev–Trinajstić information content (AvgIpc) is 2.78. The molecule has 0 aliphatic carbocycles. The zero-order chi connectivity index (χ0) is 28.5. The molecular weight excluding hydrogens is 459 g/mol. The number of halogens is 3. The quantitative estimate of drug-likeness (QED) is 0.555. The van der Waals surface area contributed by atoms with E-state index in [2.05, 4.69) is 16.7 Å². The van der Waals surface area contributed by atoms with Crippen molar-refractivity contribution in [2.75, 3.05) is 46.4 Å². The van der Waals surface area contributed by atoms with Crippen LogP contribution in [0.25, 0.3) is 0 Å². The van der Waals surface area contributed by atoms with Crippen LogP contribution >= 0.6 is 0 Å². The summed E-state index contributed by atoms with van der Waals surface area (Å²) in [6.07, 6.45) is -3.16. The molecule has 0 aromatic heterocycles. The van der Waals surface area contributed by atoms with Crippen molar-refractivity contribution in [2.45, 2.75) is 76.9 Å². The van der Waals surface area contributed by atoms with E-state index in [0.717, 1.165) is 25.0 Å². The fourth-order valence-electron chi connectivity index (χ4n) is 5.10. The number of piperidine rings is 1. The molecule has 0 spiro atoms. The third-order valence-electron chi connectivity index (χ3n) is 7.20. The second-order valence-electron chi connectivity index (χ2n) is 10.9. The highest BCUT2D eigenvalue weighted by Gasteiger charge is 2.41. The number of ether oxygens (including phenoxy) is 2. The molecule has 2 fully saturated rings. The van der Waals surface area contributed by atoms with Crippen LogP contribution in [0.4, 0.5) is 18.0 Å². The Morgan fingerprint density at radius 2 is 1.77 bits per heavy atom. The number of hydrogen-bond acceptors (Lipinski definition) is 5. The summed E-state index contributed by atoms with van der Waals surface area (Å²) in [5, 5.41) is 0. The van der Waals surface area contributed by atoms with Crippen LogP contribution < -0.4 is 0 Å². The van der Waals surface area contributed by atoms with Crippen LogP contribution in [0.5, 0.6) is 0 Å². The molecule has 6 nitrogen and oxygen atoms in total. The summed E-state index contributed by atoms with van der Waals surface area (Å²) in [6, 6.07) is 4.36. The number of methoxy groups -OCH3 is 1. The second-order valence-corrected chi connectivity index (χ2v) is 10.9. The second kappa shape index (κ2) is 10.6. The molecule has 198 valence electrons. The van der Waals surface area contributed by atoms with E-state index >= 15 is 0 Å². The Balaban J connectivity index is 1.69. The summed E-state index contributed by atoms with van der Waals surface area (Å²) < 4.78 is 72.3. The van der Waals surface area contributed by atoms with Crippen LogP contribution in [-0.4, -0.2) is 84.3 Å². The number of amides is 1. The summed E-state index contributed by atoms with van der Waals surface area (Å²) in [7, 11) is -2.61. The van der Waals surface area contributed by atoms with Crippen molar-refractivity contribution in [1.82, 2.24) is 14.7 Å². The predicted octanol–water partition coefficient (Wildman–Crippen LogP) is 5.19. The van der Waals surface area contributed by atoms with Gasteiger partial charge in [-0.05, 0) is 65.2 Å². The topological polar surface area (TPSA) is 45.2 Å². The molecule has 2 aliphatic heterocycles. The normalized spacial score (nSPS) is 24.9. The van der Waals surface area contributed by atoms with Gasteiger partial charge in [0.05, 0.1) is 22.3 Å². The van der Waals surface area contributed by atoms with Gasteiger partial charge in [-0.3, -0.25) is 9.80 Å². The molecule has 0 radical (unpaired) electrons. The summed E-state index contributed by atoms with van der Waals surface area (Å²) in [5.74, 6) is 0. The fraction of sp³-hybridized carbons (Fsp3) is 0.731. The predicted molar refractivity (Wildman–Crippen MR) is 129 cm³/mol. The van der Waals surface area contributed by atoms with Crippen LogP contribution in [0.15, 0.2) is 24.3 Å². The van der Waals surface area contributed by atoms with Crippen LogP contribution in [0.1, 0.15) is 68.7 Å². The molecule has 2 aliphatic rings. The van der Waals surface area contributed by atoms with Gasteiger partial charge >= 0.3 is 12.3 Å². The Morgan fingerprint density at radius 3 is 2.29 bits per heavy atom. The van der Waals surface area contributed by atoms with Crippen LogP contribution in [0, 0.1) is 0 Å². The first-order valence-corrected chi connectivity index (χ1v) is 12.2. The van der Waals surface area contributed by atoms with Gasteiger partial charge in [-0.15, -0.1) is 0 Å². The summed E-state index contributed by atoms with van der Waals surface area (Å²) in [5.41, 5.74) is -0.825. The van der Waals surface area contributed by atoms with Crippen molar-refractivity contribution in [3.05, 3.63) is 35.4 Å². The van der Waals surface area contributed by atoms with E-state index in [-0.39, 0.29) is 24.3 Å². The number of nitrogens with zero attached hydrogens (tertiary/aromatic N) is 3. The number of alkyl halides is 3. The molecule has 1 aromatic rings. The van der Waals surface area contributed by atoms with E-state index in [1.807, 2.05) is 27.7 Å². The first-order valence-electron chi connectivity index (χ1n) is 13.7. The zero-order valence-corrected chi connectivity index (χ0v) is 21.3. The van der Waals surface area contributed by atoms with Crippen molar-refractivity contribution in [3.63, 3.8) is 0 Å². The van der Waals surface area contributed by atoms with Crippen molar-refractivity contribution in [3.8, 4) is 0 Å². The Labute approximate surface area is 211 Å². The van der Waals surface area contributed by atoms with E-state index in [1.54, 1.807) is 4.90 Å². The van der Waals surface area contributed by atoms with E-state index in [0.29, 0.717) is 38.3 Å². The highest BCUT2D eigenvalue weighted by atomic mass is 19.4. The van der Waals surface area contributed by atoms with Crippen LogP contribution in [0.3, 0.4) is 0 Å². The van der Waals surface area contributed by atoms with Crippen molar-refractivity contribution in [2.24, 2.45) is 0 Å². The maximum absolute atomic E-state index is 13.1. The number of rotatable bonds is 5. The number of piperazine rings is 1. The third-order valence-corrected chi connectivity index (χ3v) is 7.20. The number of carbonyl (C=O) groups is 1. The molecule has 0 saturated carbocycles. The molecule has 0 unspecified atom stereocenters. The standard InChI is InChI=1S/C26H40F3N3O3/c1-19-17-31(25(5)11-13-30(14-12-25)23(33)35-24(2,3)4)15-16-32(19)22(18-34-6)20-7-9-21(10-8-20)26(27,28)29/h7-10,19,22H,11-18H2,1-6H3/t19-,22-/m0/s1/i6D3. The zero-order valence-electron chi connectivity index (χ0n) is 24.3. The Hall–Kier alpha value is -1.84. The van der Waals surface area contributed by atoms with Gasteiger partial charge < -0.3 is 14.4 Å². The maximum atomic E-state index is 13.1. The molecule has 35 heavy (non-hydrogen) atoms. The minimum Gasteiger partial charge on any atom is -0.444 e. The van der Waals surface area contributed by atoms with Gasteiger partial charge in [0.2, 0.25) is 0 Å². The van der Waals surface area contributed by atoms with Crippen molar-refractivity contribution < 1.29 is 31.6 Å². The lowest BCUT2D eigenvalue weighted by Crippen LogP contribution is -2.62. The lowest BCUT2D eigenvalue weighted by Gasteiger charge is -2.52. The molecular formula is C26H40F3N3O3. The van der Waals surface area contributed by atoms with Gasteiger partial charge in [-0.25, -0.2) is 4.79 Å². The summed E-state index contributed by atoms with van der Waals surface area (Å²) >= 11 is 0. The number of likely N-dealkylation sites (tertiary alicyclic amines) is 1. The first kappa shape index (κ1) is 23.6. The lowest BCUT2D eigenvalue weighted by molar-refractivity contribution is -0.137. The summed E-state index contributed by atoms with van der Waals surface area (Å²) in [4.78, 5) is 18.8. The maximum Gasteiger partial charge on any atom is 0.416 e. The molecule has 2 saturated heterocycles. The minimum absolute atomic E-state index is 0.00282. The minimum atomic E-state index is -4.45. The van der Waals surface area contributed by atoms with Gasteiger partial charge in [-0.1, -0.05) is 12.1 Å². The SMILES string of the molecule is [2H]C([2H])([2H])OC[C@@H](c1ccc(C(F)(F)F)cc1)N1CCN(C2(C)CCN(C(=O)OC(C)(C)C)CC2)C[C@@H]1C. The fourth-order valence-corrected chi connectivity index (χ4v) is 5.10. The largest absolute Gasteiger partial charge is 0.444 e. The molecule has 0 N–H and O–H groups in total. The van der Waals surface area contributed by atoms with Gasteiger partial charge in [0.1, 0.15) is 5.60 Å². The van der Waals surface area contributed by atoms with E-state index < -0.39 is 30.4 Å². The molecule has 3 rings (SSSR count). The molecule has 1 aromatic carbocycles. The smallest absolute Gasteiger partial charge is 0.416 e. The highest BCUT2D eigenvalue weighted by molar-refractivity contribution is 5.68. The monoisotopic (exact) mass is 502 g/mol. The third kappa shape index (κ3) is 6.89. The van der Waals surface area contributed by atoms with E-state index in [9.17, 15) is 18.0 Å². The Morgan fingerprint density at radius 1 is 1.14 bits per heavy atom. The molecule has 0 bridgehead atoms. The summed E-state index contributed by atoms with van der Waals surface area (Å²) in [6.45, 7) is 12.8. The van der Waals surface area contributed by atoms with E-state index in [1.165, 1.54) is 12.1 Å². The van der Waals surface area contributed by atoms with Crippen LogP contribution in [0.2, 0.25) is 0 Å². The van der Waals surface area contributed by atoms with Crippen molar-refractivity contribution in [1.29, 1.82) is 0 Å². The number of hydrogen-bond donors (Lipinski definition) is 0. The lowest BCUT2D eigenvalue weighted by atomic mass is 9.86. The molecule has 2 heterocycles. The first-order chi connectivity index (χ1) is 17.4. The van der Waals surface area contributed by atoms with Crippen LogP contribution in [-0.2, 0) is 15.7 Å². The molecule has 9 heteroatoms. The van der Waals surface area contributed by atoms with Gasteiger partial charge in [0.25, 0.3) is 0 Å².